The molecule has 0 bridgehead atoms. The molecule has 1 aromatic rings. The van der Waals surface area contributed by atoms with E-state index in [0.29, 0.717) is 0 Å². The molecule has 1 saturated heterocycles. The summed E-state index contributed by atoms with van der Waals surface area (Å²) >= 11 is 7.01. The van der Waals surface area contributed by atoms with Crippen molar-refractivity contribution in [3.63, 3.8) is 0 Å². The second-order valence-electron chi connectivity index (χ2n) is 4.10. The Bertz CT molecular complexity index is 349. The maximum absolute atomic E-state index is 3.55. The van der Waals surface area contributed by atoms with E-state index in [9.17, 15) is 0 Å². The van der Waals surface area contributed by atoms with Crippen molar-refractivity contribution in [2.75, 3.05) is 31.5 Å². The van der Waals surface area contributed by atoms with Crippen LogP contribution < -0.4 is 5.32 Å². The molecule has 1 heterocycles. The van der Waals surface area contributed by atoms with E-state index in [1.54, 1.807) is 0 Å². The van der Waals surface area contributed by atoms with Crippen molar-refractivity contribution in [2.24, 2.45) is 0 Å². The van der Waals surface area contributed by atoms with E-state index in [-0.39, 0.29) is 0 Å². The fraction of sp³-hybridized carbons (Fsp3) is 0.500. The average molecular weight is 348 g/mol. The van der Waals surface area contributed by atoms with Gasteiger partial charge in [0, 0.05) is 27.7 Å². The second-order valence-corrected chi connectivity index (χ2v) is 5.87. The summed E-state index contributed by atoms with van der Waals surface area (Å²) in [6, 6.07) is 6.22. The Kier molecular flexibility index (Phi) is 4.67. The molecule has 0 amide bonds. The number of nitrogens with one attached hydrogen (secondary N) is 1. The quantitative estimate of drug-likeness (QED) is 0.892. The van der Waals surface area contributed by atoms with Crippen molar-refractivity contribution in [3.8, 4) is 0 Å². The summed E-state index contributed by atoms with van der Waals surface area (Å²) in [6.45, 7) is 4.69. The highest BCUT2D eigenvalue weighted by atomic mass is 79.9. The summed E-state index contributed by atoms with van der Waals surface area (Å²) < 4.78 is 2.22. The summed E-state index contributed by atoms with van der Waals surface area (Å²) in [5.74, 6) is 0. The molecular formula is C12H16Br2N2. The summed E-state index contributed by atoms with van der Waals surface area (Å²) in [7, 11) is 0. The lowest BCUT2D eigenvalue weighted by Gasteiger charge is -2.16. The molecule has 2 nitrogen and oxygen atoms in total. The van der Waals surface area contributed by atoms with Gasteiger partial charge in [0.05, 0.1) is 0 Å². The van der Waals surface area contributed by atoms with Crippen molar-refractivity contribution < 1.29 is 0 Å². The van der Waals surface area contributed by atoms with Gasteiger partial charge in [0.2, 0.25) is 0 Å². The van der Waals surface area contributed by atoms with Gasteiger partial charge in [-0.1, -0.05) is 15.9 Å². The molecule has 0 saturated carbocycles. The molecule has 1 aliphatic heterocycles. The van der Waals surface area contributed by atoms with Crippen LogP contribution in [0.1, 0.15) is 12.8 Å². The van der Waals surface area contributed by atoms with Gasteiger partial charge in [0.25, 0.3) is 0 Å². The minimum Gasteiger partial charge on any atom is -0.383 e. The van der Waals surface area contributed by atoms with Crippen molar-refractivity contribution in [1.29, 1.82) is 0 Å². The number of nitrogens with zero attached hydrogens (tertiary/aromatic N) is 1. The number of likely N-dealkylation sites (tertiary alicyclic amines) is 1. The minimum atomic E-state index is 1.01. The normalized spacial score (nSPS) is 16.6. The van der Waals surface area contributed by atoms with E-state index in [1.165, 1.54) is 31.6 Å². The van der Waals surface area contributed by atoms with Gasteiger partial charge in [-0.2, -0.15) is 0 Å². The lowest BCUT2D eigenvalue weighted by molar-refractivity contribution is 0.352. The molecule has 0 unspecified atom stereocenters. The van der Waals surface area contributed by atoms with Gasteiger partial charge in [0.1, 0.15) is 0 Å². The molecule has 0 radical (unpaired) electrons. The summed E-state index contributed by atoms with van der Waals surface area (Å²) in [5, 5.41) is 3.46. The summed E-state index contributed by atoms with van der Waals surface area (Å²) in [5.41, 5.74) is 1.17. The summed E-state index contributed by atoms with van der Waals surface area (Å²) in [4.78, 5) is 2.51. The fourth-order valence-electron chi connectivity index (χ4n) is 1.99. The van der Waals surface area contributed by atoms with Crippen LogP contribution >= 0.6 is 31.9 Å². The van der Waals surface area contributed by atoms with E-state index in [4.69, 9.17) is 0 Å². The molecule has 1 aromatic carbocycles. The highest BCUT2D eigenvalue weighted by Gasteiger charge is 2.10. The van der Waals surface area contributed by atoms with Crippen molar-refractivity contribution in [3.05, 3.63) is 27.1 Å². The van der Waals surface area contributed by atoms with E-state index >= 15 is 0 Å². The molecule has 88 valence electrons. The van der Waals surface area contributed by atoms with Crippen molar-refractivity contribution in [2.45, 2.75) is 12.8 Å². The zero-order valence-corrected chi connectivity index (χ0v) is 12.3. The fourth-order valence-corrected chi connectivity index (χ4v) is 3.18. The Hall–Kier alpha value is -0.0600. The zero-order chi connectivity index (χ0) is 11.4. The third kappa shape index (κ3) is 3.47. The summed E-state index contributed by atoms with van der Waals surface area (Å²) in [6.07, 6.45) is 2.73. The largest absolute Gasteiger partial charge is 0.383 e. The maximum atomic E-state index is 3.55. The number of rotatable bonds is 4. The van der Waals surface area contributed by atoms with Crippen LogP contribution in [-0.4, -0.2) is 31.1 Å². The molecule has 1 aliphatic rings. The molecule has 0 aromatic heterocycles. The van der Waals surface area contributed by atoms with Crippen LogP contribution in [0.15, 0.2) is 27.1 Å². The lowest BCUT2D eigenvalue weighted by Crippen LogP contribution is -2.25. The van der Waals surface area contributed by atoms with Gasteiger partial charge in [0.15, 0.2) is 0 Å². The third-order valence-corrected chi connectivity index (χ3v) is 4.02. The Morgan fingerprint density at radius 2 is 1.94 bits per heavy atom. The Morgan fingerprint density at radius 1 is 1.19 bits per heavy atom. The molecule has 1 N–H and O–H groups in total. The van der Waals surface area contributed by atoms with Gasteiger partial charge in [-0.15, -0.1) is 0 Å². The predicted molar refractivity (Wildman–Crippen MR) is 76.0 cm³/mol. The third-order valence-electron chi connectivity index (χ3n) is 2.87. The Labute approximate surface area is 114 Å². The van der Waals surface area contributed by atoms with Crippen LogP contribution in [0.5, 0.6) is 0 Å². The van der Waals surface area contributed by atoms with Gasteiger partial charge in [-0.25, -0.2) is 0 Å². The minimum absolute atomic E-state index is 1.01. The number of hydrogen-bond donors (Lipinski definition) is 1. The van der Waals surface area contributed by atoms with E-state index in [1.807, 2.05) is 0 Å². The topological polar surface area (TPSA) is 15.3 Å². The van der Waals surface area contributed by atoms with Gasteiger partial charge in [-0.05, 0) is 60.1 Å². The molecule has 4 heteroatoms. The number of hydrogen-bond acceptors (Lipinski definition) is 2. The predicted octanol–water partition coefficient (Wildman–Crippen LogP) is 3.72. The SMILES string of the molecule is Brc1ccc(NCCN2CCCC2)c(Br)c1. The van der Waals surface area contributed by atoms with E-state index in [2.05, 4.69) is 60.3 Å². The zero-order valence-electron chi connectivity index (χ0n) is 9.18. The first kappa shape index (κ1) is 12.4. The van der Waals surface area contributed by atoms with Gasteiger partial charge in [-0.3, -0.25) is 0 Å². The number of benzene rings is 1. The Balaban J connectivity index is 1.80. The van der Waals surface area contributed by atoms with Crippen LogP contribution in [0.25, 0.3) is 0 Å². The first-order valence-corrected chi connectivity index (χ1v) is 7.25. The molecule has 16 heavy (non-hydrogen) atoms. The van der Waals surface area contributed by atoms with Crippen LogP contribution in [0.3, 0.4) is 0 Å². The smallest absolute Gasteiger partial charge is 0.0485 e. The van der Waals surface area contributed by atoms with E-state index in [0.717, 1.165) is 22.0 Å². The van der Waals surface area contributed by atoms with Crippen LogP contribution in [0, 0.1) is 0 Å². The molecule has 0 aliphatic carbocycles. The first-order valence-electron chi connectivity index (χ1n) is 5.67. The van der Waals surface area contributed by atoms with Crippen LogP contribution in [0.4, 0.5) is 5.69 Å². The average Bonchev–Trinajstić information content (AvgIpc) is 2.74. The monoisotopic (exact) mass is 346 g/mol. The highest BCUT2D eigenvalue weighted by molar-refractivity contribution is 9.11. The lowest BCUT2D eigenvalue weighted by atomic mass is 10.3. The highest BCUT2D eigenvalue weighted by Crippen LogP contribution is 2.25. The first-order chi connectivity index (χ1) is 7.75. The number of anilines is 1. The van der Waals surface area contributed by atoms with Crippen LogP contribution in [-0.2, 0) is 0 Å². The van der Waals surface area contributed by atoms with Gasteiger partial charge < -0.3 is 10.2 Å². The molecular weight excluding hydrogens is 332 g/mol. The molecule has 2 rings (SSSR count). The maximum Gasteiger partial charge on any atom is 0.0485 e. The Morgan fingerprint density at radius 3 is 2.62 bits per heavy atom. The molecule has 0 spiro atoms. The van der Waals surface area contributed by atoms with Crippen molar-refractivity contribution in [1.82, 2.24) is 4.90 Å². The van der Waals surface area contributed by atoms with Crippen LogP contribution in [0.2, 0.25) is 0 Å². The number of halogens is 2. The second kappa shape index (κ2) is 6.03. The van der Waals surface area contributed by atoms with E-state index < -0.39 is 0 Å². The standard InChI is InChI=1S/C12H16Br2N2/c13-10-3-4-12(11(14)9-10)15-5-8-16-6-1-2-7-16/h3-4,9,15H,1-2,5-8H2. The van der Waals surface area contributed by atoms with Gasteiger partial charge >= 0.3 is 0 Å². The van der Waals surface area contributed by atoms with Crippen molar-refractivity contribution >= 4 is 37.5 Å². The molecule has 0 atom stereocenters. The molecule has 1 fully saturated rings.